The first-order chi connectivity index (χ1) is 9.73. The van der Waals surface area contributed by atoms with E-state index in [4.69, 9.17) is 9.47 Å². The van der Waals surface area contributed by atoms with Crippen molar-refractivity contribution in [2.45, 2.75) is 39.7 Å². The largest absolute Gasteiger partial charge is 0.466 e. The van der Waals surface area contributed by atoms with Crippen molar-refractivity contribution >= 4 is 17.8 Å². The summed E-state index contributed by atoms with van der Waals surface area (Å²) in [4.78, 5) is 36.7. The molecule has 0 aromatic rings. The maximum atomic E-state index is 11.9. The predicted octanol–water partition coefficient (Wildman–Crippen LogP) is 1.69. The van der Waals surface area contributed by atoms with E-state index in [0.29, 0.717) is 18.7 Å². The SMILES string of the molecule is CCOC(=O)CC(=O)C1=C2CN(C(=O)OC(C)(C)C)CC21. The molecule has 1 atom stereocenters. The van der Waals surface area contributed by atoms with Gasteiger partial charge in [-0.2, -0.15) is 0 Å². The van der Waals surface area contributed by atoms with Gasteiger partial charge in [0.1, 0.15) is 12.0 Å². The van der Waals surface area contributed by atoms with Gasteiger partial charge >= 0.3 is 12.1 Å². The Labute approximate surface area is 124 Å². The van der Waals surface area contributed by atoms with Crippen molar-refractivity contribution in [3.8, 4) is 0 Å². The van der Waals surface area contributed by atoms with Gasteiger partial charge in [0.15, 0.2) is 5.78 Å². The fraction of sp³-hybridized carbons (Fsp3) is 0.667. The highest BCUT2D eigenvalue weighted by atomic mass is 16.6. The Balaban J connectivity index is 1.86. The fourth-order valence-corrected chi connectivity index (χ4v) is 2.48. The predicted molar refractivity (Wildman–Crippen MR) is 74.6 cm³/mol. The quantitative estimate of drug-likeness (QED) is 0.583. The molecule has 21 heavy (non-hydrogen) atoms. The van der Waals surface area contributed by atoms with Crippen LogP contribution in [0.2, 0.25) is 0 Å². The molecule has 0 saturated carbocycles. The van der Waals surface area contributed by atoms with Gasteiger partial charge in [-0.25, -0.2) is 4.79 Å². The van der Waals surface area contributed by atoms with Crippen molar-refractivity contribution in [3.05, 3.63) is 11.1 Å². The second kappa shape index (κ2) is 5.50. The molecule has 1 heterocycles. The van der Waals surface area contributed by atoms with Crippen molar-refractivity contribution < 1.29 is 23.9 Å². The molecular formula is C15H21NO5. The second-order valence-electron chi connectivity index (χ2n) is 6.26. The average molecular weight is 295 g/mol. The monoisotopic (exact) mass is 295 g/mol. The van der Waals surface area contributed by atoms with Crippen LogP contribution in [-0.4, -0.2) is 48.0 Å². The Kier molecular flexibility index (Phi) is 4.07. The minimum Gasteiger partial charge on any atom is -0.466 e. The summed E-state index contributed by atoms with van der Waals surface area (Å²) in [6.07, 6.45) is -0.574. The lowest BCUT2D eigenvalue weighted by molar-refractivity contribution is -0.144. The van der Waals surface area contributed by atoms with Crippen molar-refractivity contribution in [2.75, 3.05) is 19.7 Å². The number of ketones is 1. The maximum absolute atomic E-state index is 11.9. The van der Waals surface area contributed by atoms with Crippen LogP contribution < -0.4 is 0 Å². The molecule has 116 valence electrons. The Bertz CT molecular complexity index is 515. The molecule has 2 rings (SSSR count). The molecule has 6 heteroatoms. The summed E-state index contributed by atoms with van der Waals surface area (Å²) in [5, 5.41) is 0. The molecule has 0 aromatic carbocycles. The number of nitrogens with zero attached hydrogens (tertiary/aromatic N) is 1. The molecular weight excluding hydrogens is 274 g/mol. The van der Waals surface area contributed by atoms with Gasteiger partial charge in [0.25, 0.3) is 0 Å². The molecule has 1 unspecified atom stereocenters. The van der Waals surface area contributed by atoms with Crippen LogP contribution in [0.15, 0.2) is 11.1 Å². The van der Waals surface area contributed by atoms with E-state index in [9.17, 15) is 14.4 Å². The molecule has 1 fully saturated rings. The van der Waals surface area contributed by atoms with E-state index in [1.165, 1.54) is 0 Å². The number of carbonyl (C=O) groups excluding carboxylic acids is 3. The molecule has 6 nitrogen and oxygen atoms in total. The first-order valence-electron chi connectivity index (χ1n) is 7.12. The number of Topliss-reactive ketones (excluding diaryl/α,β-unsaturated/α-hetero) is 1. The molecule has 0 aromatic heterocycles. The summed E-state index contributed by atoms with van der Waals surface area (Å²) in [6, 6.07) is 0. The van der Waals surface area contributed by atoms with Crippen LogP contribution in [0.5, 0.6) is 0 Å². The van der Waals surface area contributed by atoms with Crippen molar-refractivity contribution in [1.82, 2.24) is 4.90 Å². The van der Waals surface area contributed by atoms with Gasteiger partial charge in [-0.3, -0.25) is 9.59 Å². The lowest BCUT2D eigenvalue weighted by Gasteiger charge is -2.24. The molecule has 0 radical (unpaired) electrons. The highest BCUT2D eigenvalue weighted by molar-refractivity contribution is 6.10. The van der Waals surface area contributed by atoms with Gasteiger partial charge in [0, 0.05) is 24.6 Å². The molecule has 0 spiro atoms. The normalized spacial score (nSPS) is 20.2. The zero-order valence-corrected chi connectivity index (χ0v) is 12.9. The lowest BCUT2D eigenvalue weighted by atomic mass is 10.1. The Hall–Kier alpha value is -1.85. The first kappa shape index (κ1) is 15.5. The van der Waals surface area contributed by atoms with Gasteiger partial charge in [-0.1, -0.05) is 0 Å². The Morgan fingerprint density at radius 3 is 2.43 bits per heavy atom. The number of rotatable bonds is 4. The number of ether oxygens (including phenoxy) is 2. The van der Waals surface area contributed by atoms with E-state index in [1.807, 2.05) is 20.8 Å². The van der Waals surface area contributed by atoms with Crippen LogP contribution >= 0.6 is 0 Å². The van der Waals surface area contributed by atoms with E-state index in [2.05, 4.69) is 0 Å². The Morgan fingerprint density at radius 1 is 1.29 bits per heavy atom. The second-order valence-corrected chi connectivity index (χ2v) is 6.26. The zero-order chi connectivity index (χ0) is 15.8. The average Bonchev–Trinajstić information content (AvgIpc) is 2.82. The van der Waals surface area contributed by atoms with Gasteiger partial charge in [0.2, 0.25) is 0 Å². The number of amides is 1. The summed E-state index contributed by atoms with van der Waals surface area (Å²) in [5.74, 6) is -0.665. The van der Waals surface area contributed by atoms with E-state index >= 15 is 0 Å². The van der Waals surface area contributed by atoms with Crippen molar-refractivity contribution in [1.29, 1.82) is 0 Å². The number of hydrogen-bond donors (Lipinski definition) is 0. The molecule has 2 aliphatic rings. The van der Waals surface area contributed by atoms with Gasteiger partial charge in [0.05, 0.1) is 6.61 Å². The smallest absolute Gasteiger partial charge is 0.410 e. The van der Waals surface area contributed by atoms with E-state index < -0.39 is 11.6 Å². The molecule has 1 aliphatic heterocycles. The number of carbonyl (C=O) groups is 3. The van der Waals surface area contributed by atoms with Crippen LogP contribution in [0.3, 0.4) is 0 Å². The summed E-state index contributed by atoms with van der Waals surface area (Å²) in [6.45, 7) is 8.31. The van der Waals surface area contributed by atoms with Crippen LogP contribution in [0.1, 0.15) is 34.1 Å². The first-order valence-corrected chi connectivity index (χ1v) is 7.12. The number of fused-ring (bicyclic) bond motifs is 1. The highest BCUT2D eigenvalue weighted by Gasteiger charge is 2.49. The summed E-state index contributed by atoms with van der Waals surface area (Å²) in [7, 11) is 0. The van der Waals surface area contributed by atoms with Gasteiger partial charge < -0.3 is 14.4 Å². The number of likely N-dealkylation sites (tertiary alicyclic amines) is 1. The van der Waals surface area contributed by atoms with Crippen LogP contribution in [-0.2, 0) is 19.1 Å². The maximum Gasteiger partial charge on any atom is 0.410 e. The van der Waals surface area contributed by atoms with Crippen LogP contribution in [0, 0.1) is 5.92 Å². The number of esters is 1. The molecule has 1 aliphatic carbocycles. The molecule has 0 N–H and O–H groups in total. The van der Waals surface area contributed by atoms with E-state index in [-0.39, 0.29) is 30.8 Å². The topological polar surface area (TPSA) is 72.9 Å². The third-order valence-corrected chi connectivity index (χ3v) is 3.36. The summed E-state index contributed by atoms with van der Waals surface area (Å²) in [5.41, 5.74) is 1.12. The molecule has 0 bridgehead atoms. The van der Waals surface area contributed by atoms with E-state index in [0.717, 1.165) is 5.57 Å². The lowest BCUT2D eigenvalue weighted by Crippen LogP contribution is -2.36. The fourth-order valence-electron chi connectivity index (χ4n) is 2.48. The summed E-state index contributed by atoms with van der Waals surface area (Å²) < 4.78 is 10.0. The molecule has 1 saturated heterocycles. The zero-order valence-electron chi connectivity index (χ0n) is 12.9. The van der Waals surface area contributed by atoms with Gasteiger partial charge in [-0.05, 0) is 33.3 Å². The van der Waals surface area contributed by atoms with Gasteiger partial charge in [-0.15, -0.1) is 0 Å². The number of hydrogen-bond acceptors (Lipinski definition) is 5. The molecule has 1 amide bonds. The van der Waals surface area contributed by atoms with Crippen LogP contribution in [0.25, 0.3) is 0 Å². The van der Waals surface area contributed by atoms with Crippen molar-refractivity contribution in [2.24, 2.45) is 5.92 Å². The van der Waals surface area contributed by atoms with E-state index in [1.54, 1.807) is 11.8 Å². The highest BCUT2D eigenvalue weighted by Crippen LogP contribution is 2.46. The Morgan fingerprint density at radius 2 is 1.95 bits per heavy atom. The standard InChI is InChI=1S/C15H21NO5/c1-5-20-12(18)6-11(17)13-9-7-16(8-10(9)13)14(19)21-15(2,3)4/h9H,5-8H2,1-4H3. The van der Waals surface area contributed by atoms with Crippen molar-refractivity contribution in [3.63, 3.8) is 0 Å². The minimum atomic E-state index is -0.527. The summed E-state index contributed by atoms with van der Waals surface area (Å²) >= 11 is 0. The third kappa shape index (κ3) is 3.62. The van der Waals surface area contributed by atoms with Crippen LogP contribution in [0.4, 0.5) is 4.79 Å². The minimum absolute atomic E-state index is 0.0134. The third-order valence-electron chi connectivity index (χ3n) is 3.36.